The molecular weight excluding hydrogens is 334 g/mol. The van der Waals surface area contributed by atoms with Crippen LogP contribution in [0.3, 0.4) is 0 Å². The van der Waals surface area contributed by atoms with Gasteiger partial charge < -0.3 is 0 Å². The highest BCUT2D eigenvalue weighted by molar-refractivity contribution is 7.99. The van der Waals surface area contributed by atoms with Crippen molar-refractivity contribution in [2.75, 3.05) is 5.75 Å². The van der Waals surface area contributed by atoms with Gasteiger partial charge in [-0.3, -0.25) is 9.20 Å². The Morgan fingerprint density at radius 2 is 2.00 bits per heavy atom. The molecular formula is C16H10F2N4OS. The van der Waals surface area contributed by atoms with Gasteiger partial charge in [-0.2, -0.15) is 0 Å². The Morgan fingerprint density at radius 3 is 2.83 bits per heavy atom. The highest BCUT2D eigenvalue weighted by Crippen LogP contribution is 2.23. The number of hydrogen-bond acceptors (Lipinski definition) is 4. The fourth-order valence-electron chi connectivity index (χ4n) is 2.42. The molecule has 4 rings (SSSR count). The molecule has 0 bridgehead atoms. The molecule has 0 aliphatic rings. The van der Waals surface area contributed by atoms with E-state index in [1.54, 1.807) is 0 Å². The first-order valence-corrected chi connectivity index (χ1v) is 8.04. The van der Waals surface area contributed by atoms with E-state index in [1.165, 1.54) is 17.8 Å². The third-order valence-corrected chi connectivity index (χ3v) is 4.52. The molecule has 24 heavy (non-hydrogen) atoms. The molecule has 0 saturated carbocycles. The maximum Gasteiger partial charge on any atom is 0.231 e. The van der Waals surface area contributed by atoms with Crippen LogP contribution in [0.15, 0.2) is 47.6 Å². The van der Waals surface area contributed by atoms with Crippen molar-refractivity contribution in [1.82, 2.24) is 19.6 Å². The van der Waals surface area contributed by atoms with Crippen LogP contribution >= 0.6 is 11.8 Å². The number of imidazole rings is 1. The first-order valence-electron chi connectivity index (χ1n) is 7.06. The highest BCUT2D eigenvalue weighted by atomic mass is 32.2. The van der Waals surface area contributed by atoms with Gasteiger partial charge in [0.15, 0.2) is 22.6 Å². The summed E-state index contributed by atoms with van der Waals surface area (Å²) < 4.78 is 28.0. The van der Waals surface area contributed by atoms with Crippen molar-refractivity contribution in [2.45, 2.75) is 5.16 Å². The lowest BCUT2D eigenvalue weighted by Crippen LogP contribution is -2.04. The second kappa shape index (κ2) is 5.72. The van der Waals surface area contributed by atoms with E-state index in [2.05, 4.69) is 15.2 Å². The van der Waals surface area contributed by atoms with E-state index in [9.17, 15) is 13.6 Å². The van der Waals surface area contributed by atoms with Crippen molar-refractivity contribution >= 4 is 34.4 Å². The number of aromatic nitrogens is 4. The molecule has 0 radical (unpaired) electrons. The number of halogens is 2. The van der Waals surface area contributed by atoms with E-state index in [-0.39, 0.29) is 17.1 Å². The molecule has 0 spiro atoms. The largest absolute Gasteiger partial charge is 0.293 e. The summed E-state index contributed by atoms with van der Waals surface area (Å²) in [7, 11) is 0. The Bertz CT molecular complexity index is 1070. The Morgan fingerprint density at radius 1 is 1.17 bits per heavy atom. The van der Waals surface area contributed by atoms with Crippen LogP contribution in [0, 0.1) is 11.6 Å². The van der Waals surface area contributed by atoms with Gasteiger partial charge in [-0.05, 0) is 30.3 Å². The molecule has 4 aromatic rings. The van der Waals surface area contributed by atoms with Gasteiger partial charge in [0.05, 0.1) is 16.8 Å². The van der Waals surface area contributed by atoms with Crippen LogP contribution in [0.4, 0.5) is 8.78 Å². The molecule has 0 unspecified atom stereocenters. The van der Waals surface area contributed by atoms with E-state index in [4.69, 9.17) is 0 Å². The number of carbonyl (C=O) groups excluding carboxylic acids is 1. The summed E-state index contributed by atoms with van der Waals surface area (Å²) in [6.45, 7) is 0. The number of nitrogens with one attached hydrogen (secondary N) is 1. The van der Waals surface area contributed by atoms with Gasteiger partial charge in [0.25, 0.3) is 0 Å². The fourth-order valence-corrected chi connectivity index (χ4v) is 3.27. The lowest BCUT2D eigenvalue weighted by atomic mass is 10.1. The number of H-pyrrole nitrogens is 1. The van der Waals surface area contributed by atoms with E-state index >= 15 is 0 Å². The average molecular weight is 344 g/mol. The number of Topliss-reactive ketones (excluding diaryl/α,β-unsaturated/α-hetero) is 1. The molecule has 0 amide bonds. The summed E-state index contributed by atoms with van der Waals surface area (Å²) in [6.07, 6.45) is 0. The van der Waals surface area contributed by atoms with Crippen molar-refractivity contribution in [3.63, 3.8) is 0 Å². The maximum absolute atomic E-state index is 13.2. The Balaban J connectivity index is 1.60. The van der Waals surface area contributed by atoms with E-state index in [0.717, 1.165) is 23.2 Å². The van der Waals surface area contributed by atoms with Gasteiger partial charge in [0.1, 0.15) is 0 Å². The number of rotatable bonds is 4. The van der Waals surface area contributed by atoms with Crippen LogP contribution in [0.5, 0.6) is 0 Å². The van der Waals surface area contributed by atoms with Gasteiger partial charge >= 0.3 is 0 Å². The van der Waals surface area contributed by atoms with Gasteiger partial charge in [0.2, 0.25) is 5.78 Å². The maximum atomic E-state index is 13.2. The van der Waals surface area contributed by atoms with Crippen molar-refractivity contribution < 1.29 is 13.6 Å². The van der Waals surface area contributed by atoms with Crippen molar-refractivity contribution in [1.29, 1.82) is 0 Å². The van der Waals surface area contributed by atoms with Crippen molar-refractivity contribution in [3.8, 4) is 0 Å². The molecule has 0 atom stereocenters. The summed E-state index contributed by atoms with van der Waals surface area (Å²) in [5.41, 5.74) is 1.83. The average Bonchev–Trinajstić information content (AvgIpc) is 3.14. The molecule has 2 heterocycles. The lowest BCUT2D eigenvalue weighted by Gasteiger charge is -2.01. The molecule has 0 aliphatic heterocycles. The zero-order valence-corrected chi connectivity index (χ0v) is 13.0. The van der Waals surface area contributed by atoms with Crippen LogP contribution in [-0.4, -0.2) is 31.1 Å². The first kappa shape index (κ1) is 14.8. The molecule has 0 saturated heterocycles. The number of hydrogen-bond donors (Lipinski definition) is 1. The number of fused-ring (bicyclic) bond motifs is 3. The topological polar surface area (TPSA) is 63.0 Å². The highest BCUT2D eigenvalue weighted by Gasteiger charge is 2.15. The SMILES string of the molecule is O=C(CSc1n[nH]c2nc3ccccc3n12)c1ccc(F)c(F)c1. The number of ketones is 1. The lowest BCUT2D eigenvalue weighted by molar-refractivity contribution is 0.102. The van der Waals surface area contributed by atoms with Crippen LogP contribution < -0.4 is 0 Å². The zero-order chi connectivity index (χ0) is 16.7. The number of nitrogens with zero attached hydrogens (tertiary/aromatic N) is 3. The normalized spacial score (nSPS) is 11.4. The predicted octanol–water partition coefficient (Wildman–Crippen LogP) is 3.46. The van der Waals surface area contributed by atoms with Gasteiger partial charge in [-0.25, -0.2) is 18.9 Å². The minimum Gasteiger partial charge on any atom is -0.293 e. The van der Waals surface area contributed by atoms with E-state index in [1.807, 2.05) is 28.7 Å². The quantitative estimate of drug-likeness (QED) is 0.455. The fraction of sp³-hybridized carbons (Fsp3) is 0.0625. The molecule has 2 aromatic carbocycles. The van der Waals surface area contributed by atoms with Crippen LogP contribution in [0.25, 0.3) is 16.8 Å². The molecule has 0 aliphatic carbocycles. The Labute approximate surface area is 138 Å². The van der Waals surface area contributed by atoms with Crippen LogP contribution in [0.2, 0.25) is 0 Å². The summed E-state index contributed by atoms with van der Waals surface area (Å²) in [5, 5.41) is 7.55. The monoisotopic (exact) mass is 344 g/mol. The van der Waals surface area contributed by atoms with Gasteiger partial charge in [0, 0.05) is 5.56 Å². The van der Waals surface area contributed by atoms with Crippen LogP contribution in [0.1, 0.15) is 10.4 Å². The summed E-state index contributed by atoms with van der Waals surface area (Å²) >= 11 is 1.20. The van der Waals surface area contributed by atoms with Gasteiger partial charge in [-0.15, -0.1) is 5.10 Å². The predicted molar refractivity (Wildman–Crippen MR) is 86.3 cm³/mol. The first-order chi connectivity index (χ1) is 11.6. The van der Waals surface area contributed by atoms with Crippen molar-refractivity contribution in [3.05, 3.63) is 59.7 Å². The third kappa shape index (κ3) is 2.44. The van der Waals surface area contributed by atoms with Gasteiger partial charge in [-0.1, -0.05) is 23.9 Å². The zero-order valence-electron chi connectivity index (χ0n) is 12.2. The number of thioether (sulfide) groups is 1. The van der Waals surface area contributed by atoms with Crippen molar-refractivity contribution in [2.24, 2.45) is 0 Å². The standard InChI is InChI=1S/C16H10F2N4OS/c17-10-6-5-9(7-11(10)18)14(23)8-24-16-21-20-15-19-12-3-1-2-4-13(12)22(15)16/h1-7H,8H2,(H,19,20). The number of aromatic amines is 1. The molecule has 5 nitrogen and oxygen atoms in total. The molecule has 2 aromatic heterocycles. The third-order valence-electron chi connectivity index (χ3n) is 3.58. The molecule has 120 valence electrons. The Hall–Kier alpha value is -2.74. The van der Waals surface area contributed by atoms with E-state index < -0.39 is 11.6 Å². The summed E-state index contributed by atoms with van der Waals surface area (Å²) in [4.78, 5) is 16.6. The number of benzene rings is 2. The van der Waals surface area contributed by atoms with E-state index in [0.29, 0.717) is 10.9 Å². The smallest absolute Gasteiger partial charge is 0.231 e. The number of carbonyl (C=O) groups is 1. The second-order valence-electron chi connectivity index (χ2n) is 5.11. The second-order valence-corrected chi connectivity index (χ2v) is 6.05. The molecule has 0 fully saturated rings. The Kier molecular flexibility index (Phi) is 3.53. The molecule has 8 heteroatoms. The van der Waals surface area contributed by atoms with Crippen LogP contribution in [-0.2, 0) is 0 Å². The minimum absolute atomic E-state index is 0.0531. The molecule has 1 N–H and O–H groups in total. The summed E-state index contributed by atoms with van der Waals surface area (Å²) in [5.74, 6) is -1.68. The minimum atomic E-state index is -1.03. The summed E-state index contributed by atoms with van der Waals surface area (Å²) in [6, 6.07) is 10.7. The number of para-hydroxylation sites is 2.